The lowest BCUT2D eigenvalue weighted by Gasteiger charge is -2.37. The van der Waals surface area contributed by atoms with Crippen LogP contribution in [-0.2, 0) is 9.53 Å². The first kappa shape index (κ1) is 15.5. The maximum Gasteiger partial charge on any atom is 0.309 e. The lowest BCUT2D eigenvalue weighted by Crippen LogP contribution is -2.43. The molecular formula is C15H29NO2. The quantitative estimate of drug-likeness (QED) is 0.741. The maximum absolute atomic E-state index is 12.1. The summed E-state index contributed by atoms with van der Waals surface area (Å²) in [6, 6.07) is 0. The van der Waals surface area contributed by atoms with Gasteiger partial charge in [0.15, 0.2) is 0 Å². The van der Waals surface area contributed by atoms with E-state index in [4.69, 9.17) is 4.74 Å². The van der Waals surface area contributed by atoms with Crippen LogP contribution in [0.25, 0.3) is 0 Å². The van der Waals surface area contributed by atoms with E-state index in [-0.39, 0.29) is 17.5 Å². The van der Waals surface area contributed by atoms with Gasteiger partial charge in [0.05, 0.1) is 5.92 Å². The van der Waals surface area contributed by atoms with Gasteiger partial charge in [-0.2, -0.15) is 0 Å². The summed E-state index contributed by atoms with van der Waals surface area (Å²) in [7, 11) is 0. The predicted molar refractivity (Wildman–Crippen MR) is 74.5 cm³/mol. The Balaban J connectivity index is 2.45. The number of carbonyl (C=O) groups excluding carboxylic acids is 1. The van der Waals surface area contributed by atoms with Gasteiger partial charge in [0.25, 0.3) is 0 Å². The van der Waals surface area contributed by atoms with Crippen molar-refractivity contribution in [1.82, 2.24) is 5.32 Å². The van der Waals surface area contributed by atoms with Gasteiger partial charge in [-0.3, -0.25) is 4.79 Å². The molecule has 1 rings (SSSR count). The number of carbonyl (C=O) groups is 1. The Labute approximate surface area is 112 Å². The molecule has 1 saturated heterocycles. The van der Waals surface area contributed by atoms with Crippen LogP contribution in [0.2, 0.25) is 0 Å². The van der Waals surface area contributed by atoms with E-state index in [1.807, 2.05) is 6.92 Å². The predicted octanol–water partition coefficient (Wildman–Crippen LogP) is 3.13. The lowest BCUT2D eigenvalue weighted by molar-refractivity contribution is -0.167. The highest BCUT2D eigenvalue weighted by Gasteiger charge is 2.34. The molecule has 1 unspecified atom stereocenters. The average Bonchev–Trinajstić information content (AvgIpc) is 2.36. The van der Waals surface area contributed by atoms with Gasteiger partial charge in [-0.15, -0.1) is 0 Å². The highest BCUT2D eigenvalue weighted by atomic mass is 16.6. The first-order valence-corrected chi connectivity index (χ1v) is 7.41. The minimum atomic E-state index is -0.320. The third-order valence-electron chi connectivity index (χ3n) is 4.08. The first-order valence-electron chi connectivity index (χ1n) is 7.41. The molecule has 18 heavy (non-hydrogen) atoms. The van der Waals surface area contributed by atoms with Gasteiger partial charge in [-0.05, 0) is 46.2 Å². The number of rotatable bonds is 6. The number of nitrogens with one attached hydrogen (secondary N) is 1. The lowest BCUT2D eigenvalue weighted by atomic mass is 9.83. The molecule has 1 heterocycles. The second kappa shape index (κ2) is 7.13. The molecule has 0 aromatic carbocycles. The molecule has 1 fully saturated rings. The Morgan fingerprint density at radius 2 is 2.00 bits per heavy atom. The van der Waals surface area contributed by atoms with Crippen LogP contribution >= 0.6 is 0 Å². The number of unbranched alkanes of at least 4 members (excludes halogenated alkanes) is 1. The van der Waals surface area contributed by atoms with Crippen LogP contribution in [0.3, 0.4) is 0 Å². The Bertz CT molecular complexity index is 257. The second-order valence-corrected chi connectivity index (χ2v) is 6.09. The van der Waals surface area contributed by atoms with E-state index in [2.05, 4.69) is 26.1 Å². The number of piperidine rings is 1. The van der Waals surface area contributed by atoms with E-state index in [9.17, 15) is 4.79 Å². The second-order valence-electron chi connectivity index (χ2n) is 6.09. The number of esters is 1. The van der Waals surface area contributed by atoms with Crippen LogP contribution in [-0.4, -0.2) is 24.7 Å². The molecule has 0 radical (unpaired) electrons. The van der Waals surface area contributed by atoms with E-state index < -0.39 is 0 Å². The monoisotopic (exact) mass is 255 g/mol. The molecule has 0 aromatic heterocycles. The summed E-state index contributed by atoms with van der Waals surface area (Å²) < 4.78 is 5.77. The van der Waals surface area contributed by atoms with Crippen LogP contribution in [0.4, 0.5) is 0 Å². The van der Waals surface area contributed by atoms with Gasteiger partial charge in [-0.1, -0.05) is 26.7 Å². The molecule has 0 spiro atoms. The van der Waals surface area contributed by atoms with Crippen molar-refractivity contribution < 1.29 is 9.53 Å². The summed E-state index contributed by atoms with van der Waals surface area (Å²) in [6.07, 6.45) is 5.38. The van der Waals surface area contributed by atoms with Crippen LogP contribution in [0.1, 0.15) is 59.8 Å². The maximum atomic E-state index is 12.1. The summed E-state index contributed by atoms with van der Waals surface area (Å²) in [5.41, 5.74) is -0.320. The number of ether oxygens (including phenoxy) is 1. The Kier molecular flexibility index (Phi) is 6.13. The molecule has 0 aliphatic carbocycles. The SMILES string of the molecule is CCCCC(C)C(=O)OC(C)(C)C1CCNCC1. The zero-order valence-corrected chi connectivity index (χ0v) is 12.4. The topological polar surface area (TPSA) is 38.3 Å². The average molecular weight is 255 g/mol. The normalized spacial score (nSPS) is 19.6. The summed E-state index contributed by atoms with van der Waals surface area (Å²) in [4.78, 5) is 12.1. The molecule has 0 bridgehead atoms. The minimum absolute atomic E-state index is 0.0213. The smallest absolute Gasteiger partial charge is 0.309 e. The number of hydrogen-bond donors (Lipinski definition) is 1. The van der Waals surface area contributed by atoms with Crippen molar-refractivity contribution in [2.24, 2.45) is 11.8 Å². The largest absolute Gasteiger partial charge is 0.459 e. The molecular weight excluding hydrogens is 226 g/mol. The molecule has 1 atom stereocenters. The van der Waals surface area contributed by atoms with Crippen molar-refractivity contribution in [3.8, 4) is 0 Å². The van der Waals surface area contributed by atoms with Gasteiger partial charge in [0, 0.05) is 5.92 Å². The highest BCUT2D eigenvalue weighted by Crippen LogP contribution is 2.30. The van der Waals surface area contributed by atoms with Gasteiger partial charge < -0.3 is 10.1 Å². The molecule has 1 aliphatic heterocycles. The van der Waals surface area contributed by atoms with Crippen LogP contribution in [0, 0.1) is 11.8 Å². The van der Waals surface area contributed by atoms with Gasteiger partial charge >= 0.3 is 5.97 Å². The van der Waals surface area contributed by atoms with E-state index in [1.165, 1.54) is 0 Å². The van der Waals surface area contributed by atoms with Gasteiger partial charge in [0.2, 0.25) is 0 Å². The molecule has 0 aromatic rings. The molecule has 1 N–H and O–H groups in total. The van der Waals surface area contributed by atoms with Crippen LogP contribution in [0.15, 0.2) is 0 Å². The standard InChI is InChI=1S/C15H29NO2/c1-5-6-7-12(2)14(17)18-15(3,4)13-8-10-16-11-9-13/h12-13,16H,5-11H2,1-4H3. The summed E-state index contributed by atoms with van der Waals surface area (Å²) >= 11 is 0. The van der Waals surface area contributed by atoms with Gasteiger partial charge in [-0.25, -0.2) is 0 Å². The van der Waals surface area contributed by atoms with Crippen molar-refractivity contribution in [2.45, 2.75) is 65.4 Å². The van der Waals surface area contributed by atoms with Crippen molar-refractivity contribution in [3.05, 3.63) is 0 Å². The van der Waals surface area contributed by atoms with E-state index >= 15 is 0 Å². The van der Waals surface area contributed by atoms with Gasteiger partial charge in [0.1, 0.15) is 5.60 Å². The summed E-state index contributed by atoms with van der Waals surface area (Å²) in [5, 5.41) is 3.35. The highest BCUT2D eigenvalue weighted by molar-refractivity contribution is 5.72. The Morgan fingerprint density at radius 3 is 2.56 bits per heavy atom. The minimum Gasteiger partial charge on any atom is -0.459 e. The molecule has 3 heteroatoms. The zero-order chi connectivity index (χ0) is 13.6. The molecule has 1 aliphatic rings. The third-order valence-corrected chi connectivity index (χ3v) is 4.08. The van der Waals surface area contributed by atoms with Crippen molar-refractivity contribution in [1.29, 1.82) is 0 Å². The Hall–Kier alpha value is -0.570. The van der Waals surface area contributed by atoms with Crippen molar-refractivity contribution in [3.63, 3.8) is 0 Å². The molecule has 0 saturated carbocycles. The molecule has 0 amide bonds. The van der Waals surface area contributed by atoms with E-state index in [1.54, 1.807) is 0 Å². The summed E-state index contributed by atoms with van der Waals surface area (Å²) in [5.74, 6) is 0.499. The fraction of sp³-hybridized carbons (Fsp3) is 0.933. The van der Waals surface area contributed by atoms with Crippen molar-refractivity contribution >= 4 is 5.97 Å². The fourth-order valence-corrected chi connectivity index (χ4v) is 2.59. The van der Waals surface area contributed by atoms with E-state index in [0.29, 0.717) is 5.92 Å². The number of hydrogen-bond acceptors (Lipinski definition) is 3. The first-order chi connectivity index (χ1) is 8.47. The fourth-order valence-electron chi connectivity index (χ4n) is 2.59. The van der Waals surface area contributed by atoms with E-state index in [0.717, 1.165) is 45.2 Å². The molecule has 106 valence electrons. The summed E-state index contributed by atoms with van der Waals surface area (Å²) in [6.45, 7) is 10.3. The third kappa shape index (κ3) is 4.60. The van der Waals surface area contributed by atoms with Crippen molar-refractivity contribution in [2.75, 3.05) is 13.1 Å². The van der Waals surface area contributed by atoms with Crippen LogP contribution < -0.4 is 5.32 Å². The molecule has 3 nitrogen and oxygen atoms in total. The Morgan fingerprint density at radius 1 is 1.39 bits per heavy atom. The zero-order valence-electron chi connectivity index (χ0n) is 12.4. The van der Waals surface area contributed by atoms with Crippen LogP contribution in [0.5, 0.6) is 0 Å².